The maximum atomic E-state index is 10.3. The molecule has 0 rings (SSSR count). The third-order valence-electron chi connectivity index (χ3n) is 1.04. The van der Waals surface area contributed by atoms with E-state index < -0.39 is 12.4 Å². The first-order chi connectivity index (χ1) is 5.48. The number of amides is 1. The fraction of sp³-hybridized carbons (Fsp3) is 0.857. The fourth-order valence-electron chi connectivity index (χ4n) is 0.503. The quantitative estimate of drug-likeness (QED) is 0.564. The SMILES string of the molecule is [2H]C([2H])(CCCC)NCC(N)=O. The van der Waals surface area contributed by atoms with E-state index in [2.05, 4.69) is 5.32 Å². The predicted molar refractivity (Wildman–Crippen MR) is 41.6 cm³/mol. The highest BCUT2D eigenvalue weighted by atomic mass is 16.1. The maximum Gasteiger partial charge on any atom is 0.231 e. The summed E-state index contributed by atoms with van der Waals surface area (Å²) in [6.45, 7) is 0.423. The van der Waals surface area contributed by atoms with E-state index in [1.54, 1.807) is 0 Å². The smallest absolute Gasteiger partial charge is 0.231 e. The molecule has 1 amide bonds. The van der Waals surface area contributed by atoms with Crippen LogP contribution < -0.4 is 11.1 Å². The summed E-state index contributed by atoms with van der Waals surface area (Å²) in [5.74, 6) is -0.532. The van der Waals surface area contributed by atoms with Crippen LogP contribution in [-0.2, 0) is 4.79 Å². The number of unbranched alkanes of at least 4 members (excludes halogenated alkanes) is 1. The molecule has 0 unspecified atom stereocenters. The maximum absolute atomic E-state index is 10.3. The second-order valence-electron chi connectivity index (χ2n) is 2.10. The molecule has 60 valence electrons. The summed E-state index contributed by atoms with van der Waals surface area (Å²) in [6, 6.07) is 0. The van der Waals surface area contributed by atoms with Gasteiger partial charge in [0.1, 0.15) is 0 Å². The second-order valence-corrected chi connectivity index (χ2v) is 2.10. The molecule has 0 aliphatic heterocycles. The average molecular weight is 146 g/mol. The van der Waals surface area contributed by atoms with Crippen molar-refractivity contribution in [1.29, 1.82) is 0 Å². The third-order valence-corrected chi connectivity index (χ3v) is 1.04. The monoisotopic (exact) mass is 146 g/mol. The van der Waals surface area contributed by atoms with E-state index in [9.17, 15) is 4.79 Å². The zero-order chi connectivity index (χ0) is 9.61. The Labute approximate surface area is 64.8 Å². The lowest BCUT2D eigenvalue weighted by atomic mass is 10.2. The molecule has 3 heteroatoms. The van der Waals surface area contributed by atoms with Gasteiger partial charge in [0.15, 0.2) is 0 Å². The van der Waals surface area contributed by atoms with Crippen LogP contribution >= 0.6 is 0 Å². The Bertz CT molecular complexity index is 150. The van der Waals surface area contributed by atoms with Crippen molar-refractivity contribution in [3.8, 4) is 0 Å². The van der Waals surface area contributed by atoms with E-state index in [1.807, 2.05) is 6.92 Å². The van der Waals surface area contributed by atoms with Crippen LogP contribution in [0.1, 0.15) is 28.9 Å². The molecule has 0 aliphatic rings. The van der Waals surface area contributed by atoms with Gasteiger partial charge in [-0.1, -0.05) is 19.8 Å². The van der Waals surface area contributed by atoms with Gasteiger partial charge in [-0.3, -0.25) is 4.79 Å². The van der Waals surface area contributed by atoms with Gasteiger partial charge in [0.05, 0.1) is 6.54 Å². The van der Waals surface area contributed by atoms with Crippen LogP contribution in [0.4, 0.5) is 0 Å². The standard InChI is InChI=1S/C7H16N2O/c1-2-3-4-5-9-6-7(8)10/h9H,2-6H2,1H3,(H2,8,10)/i5D2. The van der Waals surface area contributed by atoms with Gasteiger partial charge < -0.3 is 11.1 Å². The number of hydrogen-bond donors (Lipinski definition) is 2. The summed E-state index contributed by atoms with van der Waals surface area (Å²) in [5, 5.41) is 2.45. The molecule has 0 aromatic heterocycles. The van der Waals surface area contributed by atoms with Crippen LogP contribution in [0.15, 0.2) is 0 Å². The Morgan fingerprint density at radius 2 is 2.40 bits per heavy atom. The van der Waals surface area contributed by atoms with Crippen molar-refractivity contribution >= 4 is 5.91 Å². The van der Waals surface area contributed by atoms with E-state index in [-0.39, 0.29) is 6.54 Å². The Hall–Kier alpha value is -0.570. The van der Waals surface area contributed by atoms with Gasteiger partial charge in [0.25, 0.3) is 0 Å². The first-order valence-corrected chi connectivity index (χ1v) is 3.51. The molecule has 0 saturated heterocycles. The van der Waals surface area contributed by atoms with Crippen LogP contribution in [-0.4, -0.2) is 18.9 Å². The second kappa shape index (κ2) is 6.55. The van der Waals surface area contributed by atoms with Crippen molar-refractivity contribution in [3.05, 3.63) is 0 Å². The Kier molecular flexibility index (Phi) is 4.03. The summed E-state index contributed by atoms with van der Waals surface area (Å²) < 4.78 is 14.7. The topological polar surface area (TPSA) is 55.1 Å². The molecule has 10 heavy (non-hydrogen) atoms. The van der Waals surface area contributed by atoms with Gasteiger partial charge in [-0.2, -0.15) is 0 Å². The van der Waals surface area contributed by atoms with Gasteiger partial charge >= 0.3 is 0 Å². The van der Waals surface area contributed by atoms with Crippen LogP contribution in [0.25, 0.3) is 0 Å². The number of primary amides is 1. The molecule has 0 atom stereocenters. The molecule has 0 bridgehead atoms. The minimum Gasteiger partial charge on any atom is -0.369 e. The summed E-state index contributed by atoms with van der Waals surface area (Å²) in [7, 11) is 0. The number of rotatable bonds is 6. The van der Waals surface area contributed by atoms with Gasteiger partial charge in [-0.15, -0.1) is 0 Å². The van der Waals surface area contributed by atoms with Crippen LogP contribution in [0, 0.1) is 0 Å². The molecule has 0 spiro atoms. The fourth-order valence-corrected chi connectivity index (χ4v) is 0.503. The van der Waals surface area contributed by atoms with E-state index in [1.165, 1.54) is 0 Å². The molecule has 0 aromatic rings. The molecule has 3 N–H and O–H groups in total. The average Bonchev–Trinajstić information content (AvgIpc) is 1.98. The molecule has 0 aliphatic carbocycles. The molecule has 0 saturated carbocycles. The Morgan fingerprint density at radius 3 is 2.90 bits per heavy atom. The molecule has 0 heterocycles. The summed E-state index contributed by atoms with van der Waals surface area (Å²) in [5.41, 5.74) is 4.86. The van der Waals surface area contributed by atoms with Crippen molar-refractivity contribution in [3.63, 3.8) is 0 Å². The molecule has 0 radical (unpaired) electrons. The van der Waals surface area contributed by atoms with Crippen molar-refractivity contribution in [2.75, 3.05) is 13.0 Å². The molecule has 0 fully saturated rings. The molecular weight excluding hydrogens is 128 g/mol. The van der Waals surface area contributed by atoms with E-state index in [0.717, 1.165) is 12.8 Å². The zero-order valence-electron chi connectivity index (χ0n) is 8.31. The minimum atomic E-state index is -1.47. The number of nitrogens with one attached hydrogen (secondary N) is 1. The highest BCUT2D eigenvalue weighted by Crippen LogP contribution is 1.90. The van der Waals surface area contributed by atoms with Gasteiger partial charge in [-0.05, 0) is 12.9 Å². The van der Waals surface area contributed by atoms with E-state index in [4.69, 9.17) is 8.48 Å². The molecular formula is C7H16N2O. The third kappa shape index (κ3) is 7.43. The first-order valence-electron chi connectivity index (χ1n) is 4.51. The zero-order valence-corrected chi connectivity index (χ0v) is 6.31. The van der Waals surface area contributed by atoms with Crippen molar-refractivity contribution in [2.24, 2.45) is 5.73 Å². The summed E-state index contributed by atoms with van der Waals surface area (Å²) in [6.07, 6.45) is 2.16. The van der Waals surface area contributed by atoms with Crippen LogP contribution in [0.5, 0.6) is 0 Å². The first kappa shape index (κ1) is 6.16. The number of nitrogens with two attached hydrogens (primary N) is 1. The van der Waals surface area contributed by atoms with Crippen molar-refractivity contribution in [1.82, 2.24) is 5.32 Å². The lowest BCUT2D eigenvalue weighted by Crippen LogP contribution is -2.29. The predicted octanol–water partition coefficient (Wildman–Crippen LogP) is 0.252. The van der Waals surface area contributed by atoms with Gasteiger partial charge in [0.2, 0.25) is 5.91 Å². The van der Waals surface area contributed by atoms with Gasteiger partial charge in [0, 0.05) is 2.74 Å². The highest BCUT2D eigenvalue weighted by molar-refractivity contribution is 5.75. The lowest BCUT2D eigenvalue weighted by Gasteiger charge is -1.99. The van der Waals surface area contributed by atoms with E-state index in [0.29, 0.717) is 6.42 Å². The summed E-state index contributed by atoms with van der Waals surface area (Å²) in [4.78, 5) is 10.3. The largest absolute Gasteiger partial charge is 0.369 e. The van der Waals surface area contributed by atoms with E-state index >= 15 is 0 Å². The lowest BCUT2D eigenvalue weighted by molar-refractivity contribution is -0.117. The normalized spacial score (nSPS) is 14.1. The minimum absolute atomic E-state index is 0.100. The number of hydrogen-bond acceptors (Lipinski definition) is 2. The van der Waals surface area contributed by atoms with Crippen molar-refractivity contribution in [2.45, 2.75) is 26.2 Å². The highest BCUT2D eigenvalue weighted by Gasteiger charge is 1.90. The molecule has 3 nitrogen and oxygen atoms in total. The number of carbonyl (C=O) groups excluding carboxylic acids is 1. The van der Waals surface area contributed by atoms with Crippen LogP contribution in [0.2, 0.25) is 0 Å². The Morgan fingerprint density at radius 1 is 1.70 bits per heavy atom. The summed E-state index contributed by atoms with van der Waals surface area (Å²) >= 11 is 0. The number of carbonyl (C=O) groups is 1. The molecule has 0 aromatic carbocycles. The Balaban J connectivity index is 3.63. The van der Waals surface area contributed by atoms with Crippen molar-refractivity contribution < 1.29 is 7.54 Å². The van der Waals surface area contributed by atoms with Gasteiger partial charge in [-0.25, -0.2) is 0 Å². The van der Waals surface area contributed by atoms with Crippen LogP contribution in [0.3, 0.4) is 0 Å².